The summed E-state index contributed by atoms with van der Waals surface area (Å²) >= 11 is 3.37. The SMILES string of the molecule is Cc1ccc(NC(=O)NC2CCS(=O)(=O)C2)c(Br)c1. The zero-order valence-corrected chi connectivity index (χ0v) is 12.8. The monoisotopic (exact) mass is 346 g/mol. The van der Waals surface area contributed by atoms with E-state index in [1.807, 2.05) is 19.1 Å². The van der Waals surface area contributed by atoms with Gasteiger partial charge in [0.15, 0.2) is 9.84 Å². The minimum Gasteiger partial charge on any atom is -0.334 e. The van der Waals surface area contributed by atoms with Gasteiger partial charge in [0, 0.05) is 10.5 Å². The molecule has 1 aromatic carbocycles. The number of hydrogen-bond donors (Lipinski definition) is 2. The van der Waals surface area contributed by atoms with Gasteiger partial charge in [0.25, 0.3) is 0 Å². The van der Waals surface area contributed by atoms with Gasteiger partial charge in [0.05, 0.1) is 17.2 Å². The Bertz CT molecular complexity index is 601. The van der Waals surface area contributed by atoms with Gasteiger partial charge in [-0.2, -0.15) is 0 Å². The highest BCUT2D eigenvalue weighted by Crippen LogP contribution is 2.23. The highest BCUT2D eigenvalue weighted by atomic mass is 79.9. The molecule has 1 heterocycles. The van der Waals surface area contributed by atoms with Gasteiger partial charge in [-0.25, -0.2) is 13.2 Å². The third-order valence-electron chi connectivity index (χ3n) is 2.94. The quantitative estimate of drug-likeness (QED) is 0.860. The number of amides is 2. The normalized spacial score (nSPS) is 21.1. The summed E-state index contributed by atoms with van der Waals surface area (Å²) in [5.74, 6) is 0.168. The fraction of sp³-hybridized carbons (Fsp3) is 0.417. The summed E-state index contributed by atoms with van der Waals surface area (Å²) in [7, 11) is -2.98. The highest BCUT2D eigenvalue weighted by molar-refractivity contribution is 9.10. The van der Waals surface area contributed by atoms with Gasteiger partial charge in [-0.1, -0.05) is 6.07 Å². The van der Waals surface area contributed by atoms with E-state index in [1.165, 1.54) is 0 Å². The number of aryl methyl sites for hydroxylation is 1. The molecule has 0 aromatic heterocycles. The smallest absolute Gasteiger partial charge is 0.319 e. The molecule has 1 fully saturated rings. The average Bonchev–Trinajstić information content (AvgIpc) is 2.62. The molecule has 0 saturated carbocycles. The van der Waals surface area contributed by atoms with E-state index < -0.39 is 9.84 Å². The van der Waals surface area contributed by atoms with Crippen LogP contribution < -0.4 is 10.6 Å². The van der Waals surface area contributed by atoms with Crippen LogP contribution in [0.3, 0.4) is 0 Å². The van der Waals surface area contributed by atoms with E-state index >= 15 is 0 Å². The predicted octanol–water partition coefficient (Wildman–Crippen LogP) is 2.07. The van der Waals surface area contributed by atoms with Crippen molar-refractivity contribution < 1.29 is 13.2 Å². The topological polar surface area (TPSA) is 75.3 Å². The number of carbonyl (C=O) groups excluding carboxylic acids is 1. The van der Waals surface area contributed by atoms with Crippen LogP contribution in [-0.4, -0.2) is 32.0 Å². The standard InChI is InChI=1S/C12H15BrN2O3S/c1-8-2-3-11(10(13)6-8)15-12(16)14-9-4-5-19(17,18)7-9/h2-3,6,9H,4-5,7H2,1H3,(H2,14,15,16). The van der Waals surface area contributed by atoms with Crippen LogP contribution in [0.4, 0.5) is 10.5 Å². The second-order valence-corrected chi connectivity index (χ2v) is 7.76. The zero-order valence-electron chi connectivity index (χ0n) is 10.4. The molecule has 104 valence electrons. The molecule has 0 bridgehead atoms. The minimum atomic E-state index is -2.98. The third kappa shape index (κ3) is 3.94. The number of urea groups is 1. The lowest BCUT2D eigenvalue weighted by Crippen LogP contribution is -2.38. The van der Waals surface area contributed by atoms with Crippen LogP contribution in [0, 0.1) is 6.92 Å². The predicted molar refractivity (Wildman–Crippen MR) is 78.1 cm³/mol. The van der Waals surface area contributed by atoms with Gasteiger partial charge in [0.1, 0.15) is 0 Å². The second-order valence-electron chi connectivity index (χ2n) is 4.68. The van der Waals surface area contributed by atoms with Gasteiger partial charge in [0.2, 0.25) is 0 Å². The van der Waals surface area contributed by atoms with Crippen molar-refractivity contribution in [3.8, 4) is 0 Å². The maximum atomic E-state index is 11.8. The van der Waals surface area contributed by atoms with E-state index in [0.717, 1.165) is 10.0 Å². The van der Waals surface area contributed by atoms with E-state index in [4.69, 9.17) is 0 Å². The Morgan fingerprint density at radius 3 is 2.74 bits per heavy atom. The molecule has 1 atom stereocenters. The summed E-state index contributed by atoms with van der Waals surface area (Å²) in [6.45, 7) is 1.96. The molecule has 0 radical (unpaired) electrons. The largest absolute Gasteiger partial charge is 0.334 e. The number of sulfone groups is 1. The van der Waals surface area contributed by atoms with Crippen molar-refractivity contribution in [3.63, 3.8) is 0 Å². The molecule has 1 aliphatic heterocycles. The lowest BCUT2D eigenvalue weighted by Gasteiger charge is -2.13. The van der Waals surface area contributed by atoms with Crippen LogP contribution in [0.2, 0.25) is 0 Å². The van der Waals surface area contributed by atoms with Crippen LogP contribution in [0.1, 0.15) is 12.0 Å². The molecule has 1 unspecified atom stereocenters. The highest BCUT2D eigenvalue weighted by Gasteiger charge is 2.28. The lowest BCUT2D eigenvalue weighted by atomic mass is 10.2. The van der Waals surface area contributed by atoms with Crippen molar-refractivity contribution >= 4 is 37.5 Å². The Balaban J connectivity index is 1.95. The van der Waals surface area contributed by atoms with E-state index in [0.29, 0.717) is 12.1 Å². The van der Waals surface area contributed by atoms with Crippen LogP contribution in [0.25, 0.3) is 0 Å². The van der Waals surface area contributed by atoms with Crippen LogP contribution in [-0.2, 0) is 9.84 Å². The first-order valence-electron chi connectivity index (χ1n) is 5.90. The fourth-order valence-corrected chi connectivity index (χ4v) is 4.24. The summed E-state index contributed by atoms with van der Waals surface area (Å²) in [4.78, 5) is 11.8. The summed E-state index contributed by atoms with van der Waals surface area (Å²) < 4.78 is 23.4. The molecular formula is C12H15BrN2O3S. The Labute approximate surface area is 120 Å². The average molecular weight is 347 g/mol. The Kier molecular flexibility index (Phi) is 4.15. The van der Waals surface area contributed by atoms with Crippen LogP contribution >= 0.6 is 15.9 Å². The first-order chi connectivity index (χ1) is 8.85. The van der Waals surface area contributed by atoms with E-state index in [1.54, 1.807) is 6.07 Å². The van der Waals surface area contributed by atoms with Crippen LogP contribution in [0.15, 0.2) is 22.7 Å². The van der Waals surface area contributed by atoms with Gasteiger partial charge >= 0.3 is 6.03 Å². The lowest BCUT2D eigenvalue weighted by molar-refractivity contribution is 0.249. The maximum absolute atomic E-state index is 11.8. The first kappa shape index (κ1) is 14.3. The molecule has 7 heteroatoms. The number of rotatable bonds is 2. The number of halogens is 1. The van der Waals surface area contributed by atoms with E-state index in [-0.39, 0.29) is 23.6 Å². The number of nitrogens with one attached hydrogen (secondary N) is 2. The molecular weight excluding hydrogens is 332 g/mol. The Morgan fingerprint density at radius 2 is 2.16 bits per heavy atom. The summed E-state index contributed by atoms with van der Waals surface area (Å²) in [5.41, 5.74) is 1.74. The van der Waals surface area contributed by atoms with Crippen molar-refractivity contribution in [2.75, 3.05) is 16.8 Å². The molecule has 5 nitrogen and oxygen atoms in total. The molecule has 2 rings (SSSR count). The molecule has 19 heavy (non-hydrogen) atoms. The van der Waals surface area contributed by atoms with Gasteiger partial charge < -0.3 is 10.6 Å². The summed E-state index contributed by atoms with van der Waals surface area (Å²) in [6, 6.07) is 4.90. The molecule has 1 aromatic rings. The Morgan fingerprint density at radius 1 is 1.42 bits per heavy atom. The number of carbonyl (C=O) groups is 1. The first-order valence-corrected chi connectivity index (χ1v) is 8.51. The van der Waals surface area contributed by atoms with Gasteiger partial charge in [-0.3, -0.25) is 0 Å². The Hall–Kier alpha value is -1.08. The van der Waals surface area contributed by atoms with Crippen molar-refractivity contribution in [2.45, 2.75) is 19.4 Å². The number of hydrogen-bond acceptors (Lipinski definition) is 3. The van der Waals surface area contributed by atoms with Gasteiger partial charge in [-0.15, -0.1) is 0 Å². The second kappa shape index (κ2) is 5.50. The van der Waals surface area contributed by atoms with E-state index in [9.17, 15) is 13.2 Å². The molecule has 0 aliphatic carbocycles. The molecule has 1 saturated heterocycles. The third-order valence-corrected chi connectivity index (χ3v) is 5.36. The summed E-state index contributed by atoms with van der Waals surface area (Å²) in [6.07, 6.45) is 0.477. The maximum Gasteiger partial charge on any atom is 0.319 e. The zero-order chi connectivity index (χ0) is 14.0. The van der Waals surface area contributed by atoms with Crippen LogP contribution in [0.5, 0.6) is 0 Å². The van der Waals surface area contributed by atoms with Gasteiger partial charge in [-0.05, 0) is 47.0 Å². The van der Waals surface area contributed by atoms with Crippen molar-refractivity contribution in [1.29, 1.82) is 0 Å². The molecule has 1 aliphatic rings. The van der Waals surface area contributed by atoms with Crippen molar-refractivity contribution in [2.24, 2.45) is 0 Å². The molecule has 2 amide bonds. The number of anilines is 1. The molecule has 2 N–H and O–H groups in total. The van der Waals surface area contributed by atoms with Crippen molar-refractivity contribution in [3.05, 3.63) is 28.2 Å². The molecule has 0 spiro atoms. The van der Waals surface area contributed by atoms with E-state index in [2.05, 4.69) is 26.6 Å². The fourth-order valence-electron chi connectivity index (χ4n) is 1.97. The minimum absolute atomic E-state index is 0.0233. The number of benzene rings is 1. The summed E-state index contributed by atoms with van der Waals surface area (Å²) in [5, 5.41) is 5.37. The van der Waals surface area contributed by atoms with Crippen molar-refractivity contribution in [1.82, 2.24) is 5.32 Å².